The molecule has 2 aromatic rings. The molecule has 1 aromatic carbocycles. The van der Waals surface area contributed by atoms with Gasteiger partial charge in [0.25, 0.3) is 0 Å². The Morgan fingerprint density at radius 1 is 1.23 bits per heavy atom. The maximum Gasteiger partial charge on any atom is 0.119 e. The van der Waals surface area contributed by atoms with Gasteiger partial charge in [-0.2, -0.15) is 0 Å². The largest absolute Gasteiger partial charge is 0.494 e. The molecule has 1 saturated heterocycles. The Morgan fingerprint density at radius 2 is 2.05 bits per heavy atom. The zero-order chi connectivity index (χ0) is 15.2. The lowest BCUT2D eigenvalue weighted by molar-refractivity contribution is 0.0250. The van der Waals surface area contributed by atoms with Gasteiger partial charge in [0.1, 0.15) is 11.9 Å². The first-order chi connectivity index (χ1) is 10.8. The van der Waals surface area contributed by atoms with Crippen LogP contribution >= 0.6 is 0 Å². The van der Waals surface area contributed by atoms with Gasteiger partial charge in [0.15, 0.2) is 0 Å². The van der Waals surface area contributed by atoms with Crippen LogP contribution in [0, 0.1) is 0 Å². The molecule has 116 valence electrons. The van der Waals surface area contributed by atoms with Crippen molar-refractivity contribution in [3.05, 3.63) is 48.3 Å². The van der Waals surface area contributed by atoms with E-state index < -0.39 is 0 Å². The highest BCUT2D eigenvalue weighted by Gasteiger charge is 2.16. The lowest BCUT2D eigenvalue weighted by Crippen LogP contribution is -2.33. The molecular formula is C17H21N3O2. The van der Waals surface area contributed by atoms with Crippen molar-refractivity contribution in [3.63, 3.8) is 0 Å². The molecule has 1 aliphatic heterocycles. The molecule has 0 unspecified atom stereocenters. The predicted molar refractivity (Wildman–Crippen MR) is 86.7 cm³/mol. The maximum atomic E-state index is 5.70. The summed E-state index contributed by atoms with van der Waals surface area (Å²) in [6, 6.07) is 11.9. The summed E-state index contributed by atoms with van der Waals surface area (Å²) >= 11 is 0. The van der Waals surface area contributed by atoms with Crippen LogP contribution < -0.4 is 15.4 Å². The lowest BCUT2D eigenvalue weighted by Gasteiger charge is -2.23. The highest BCUT2D eigenvalue weighted by atomic mass is 16.5. The molecule has 1 aliphatic rings. The molecular weight excluding hydrogens is 278 g/mol. The molecule has 2 heterocycles. The van der Waals surface area contributed by atoms with Crippen molar-refractivity contribution < 1.29 is 9.47 Å². The van der Waals surface area contributed by atoms with E-state index in [1.807, 2.05) is 49.5 Å². The van der Waals surface area contributed by atoms with E-state index in [1.165, 1.54) is 0 Å². The number of ether oxygens (including phenoxy) is 2. The van der Waals surface area contributed by atoms with E-state index in [0.29, 0.717) is 6.61 Å². The number of nitrogens with zero attached hydrogens (tertiary/aromatic N) is 1. The summed E-state index contributed by atoms with van der Waals surface area (Å²) in [6.45, 7) is 5.12. The third kappa shape index (κ3) is 3.75. The molecule has 0 aliphatic carbocycles. The van der Waals surface area contributed by atoms with Crippen LogP contribution in [0.1, 0.15) is 18.7 Å². The number of anilines is 2. The molecule has 5 heteroatoms. The molecule has 2 N–H and O–H groups in total. The van der Waals surface area contributed by atoms with Crippen molar-refractivity contribution in [3.8, 4) is 5.75 Å². The van der Waals surface area contributed by atoms with Crippen LogP contribution in [0.2, 0.25) is 0 Å². The van der Waals surface area contributed by atoms with Crippen molar-refractivity contribution >= 4 is 11.4 Å². The number of benzene rings is 1. The first-order valence-corrected chi connectivity index (χ1v) is 7.63. The third-order valence-electron chi connectivity index (χ3n) is 3.50. The smallest absolute Gasteiger partial charge is 0.119 e. The summed E-state index contributed by atoms with van der Waals surface area (Å²) in [5.41, 5.74) is 2.93. The molecule has 1 aromatic heterocycles. The van der Waals surface area contributed by atoms with Crippen LogP contribution in [0.3, 0.4) is 0 Å². The van der Waals surface area contributed by atoms with E-state index in [9.17, 15) is 0 Å². The Kier molecular flexibility index (Phi) is 4.88. The Morgan fingerprint density at radius 3 is 2.68 bits per heavy atom. The van der Waals surface area contributed by atoms with Gasteiger partial charge in [-0.25, -0.2) is 0 Å². The first kappa shape index (κ1) is 14.8. The van der Waals surface area contributed by atoms with Gasteiger partial charge in [-0.15, -0.1) is 0 Å². The van der Waals surface area contributed by atoms with Crippen molar-refractivity contribution in [2.45, 2.75) is 13.0 Å². The predicted octanol–water partition coefficient (Wildman–Crippen LogP) is 2.88. The fraction of sp³-hybridized carbons (Fsp3) is 0.353. The minimum Gasteiger partial charge on any atom is -0.494 e. The van der Waals surface area contributed by atoms with Crippen molar-refractivity contribution in [1.29, 1.82) is 0 Å². The van der Waals surface area contributed by atoms with Crippen LogP contribution in [-0.4, -0.2) is 31.3 Å². The molecule has 1 fully saturated rings. The third-order valence-corrected chi connectivity index (χ3v) is 3.50. The van der Waals surface area contributed by atoms with Crippen LogP contribution in [0.15, 0.2) is 42.6 Å². The second kappa shape index (κ2) is 7.24. The van der Waals surface area contributed by atoms with Crippen LogP contribution in [0.4, 0.5) is 11.4 Å². The van der Waals surface area contributed by atoms with Crippen LogP contribution in [0.25, 0.3) is 0 Å². The SMILES string of the molecule is CCOc1ccc(Nc2ccc([C@H]3CNCCO3)nc2)cc1. The number of rotatable bonds is 5. The van der Waals surface area contributed by atoms with E-state index in [0.717, 1.165) is 42.5 Å². The van der Waals surface area contributed by atoms with Gasteiger partial charge in [-0.3, -0.25) is 4.98 Å². The molecule has 0 amide bonds. The molecule has 0 radical (unpaired) electrons. The van der Waals surface area contributed by atoms with Crippen LogP contribution in [-0.2, 0) is 4.74 Å². The summed E-state index contributed by atoms with van der Waals surface area (Å²) in [5, 5.41) is 6.64. The number of morpholine rings is 1. The fourth-order valence-electron chi connectivity index (χ4n) is 2.39. The molecule has 0 spiro atoms. The quantitative estimate of drug-likeness (QED) is 0.889. The standard InChI is InChI=1S/C17H21N3O2/c1-2-21-15-6-3-13(4-7-15)20-14-5-8-16(19-11-14)17-12-18-9-10-22-17/h3-8,11,17-18,20H,2,9-10,12H2,1H3/t17-/m1/s1. The Hall–Kier alpha value is -2.11. The van der Waals surface area contributed by atoms with Gasteiger partial charge >= 0.3 is 0 Å². The molecule has 5 nitrogen and oxygen atoms in total. The molecule has 1 atom stereocenters. The lowest BCUT2D eigenvalue weighted by atomic mass is 10.2. The van der Waals surface area contributed by atoms with Crippen LogP contribution in [0.5, 0.6) is 5.75 Å². The number of pyridine rings is 1. The average molecular weight is 299 g/mol. The maximum absolute atomic E-state index is 5.70. The second-order valence-corrected chi connectivity index (χ2v) is 5.12. The number of aromatic nitrogens is 1. The minimum atomic E-state index is 0.0493. The molecule has 0 saturated carbocycles. The van der Waals surface area contributed by atoms with Crippen molar-refractivity contribution in [2.75, 3.05) is 31.6 Å². The van der Waals surface area contributed by atoms with Gasteiger partial charge in [-0.05, 0) is 43.3 Å². The number of hydrogen-bond acceptors (Lipinski definition) is 5. The summed E-state index contributed by atoms with van der Waals surface area (Å²) in [5.74, 6) is 0.878. The van der Waals surface area contributed by atoms with Crippen molar-refractivity contribution in [2.24, 2.45) is 0 Å². The van der Waals surface area contributed by atoms with Gasteiger partial charge in [0.05, 0.1) is 30.8 Å². The summed E-state index contributed by atoms with van der Waals surface area (Å²) in [4.78, 5) is 4.49. The minimum absolute atomic E-state index is 0.0493. The fourth-order valence-corrected chi connectivity index (χ4v) is 2.39. The number of hydrogen-bond donors (Lipinski definition) is 2. The van der Waals surface area contributed by atoms with E-state index in [-0.39, 0.29) is 6.10 Å². The molecule has 3 rings (SSSR count). The van der Waals surface area contributed by atoms with Crippen molar-refractivity contribution in [1.82, 2.24) is 10.3 Å². The van der Waals surface area contributed by atoms with Gasteiger partial charge in [0.2, 0.25) is 0 Å². The van der Waals surface area contributed by atoms with E-state index in [4.69, 9.17) is 9.47 Å². The first-order valence-electron chi connectivity index (χ1n) is 7.63. The average Bonchev–Trinajstić information content (AvgIpc) is 2.58. The van der Waals surface area contributed by atoms with Gasteiger partial charge in [-0.1, -0.05) is 0 Å². The Labute approximate surface area is 130 Å². The summed E-state index contributed by atoms with van der Waals surface area (Å²) in [7, 11) is 0. The van der Waals surface area contributed by atoms with Gasteiger partial charge in [0, 0.05) is 18.8 Å². The topological polar surface area (TPSA) is 55.4 Å². The van der Waals surface area contributed by atoms with E-state index in [1.54, 1.807) is 0 Å². The highest BCUT2D eigenvalue weighted by molar-refractivity contribution is 5.59. The summed E-state index contributed by atoms with van der Waals surface area (Å²) in [6.07, 6.45) is 1.89. The molecule has 0 bridgehead atoms. The summed E-state index contributed by atoms with van der Waals surface area (Å²) < 4.78 is 11.1. The van der Waals surface area contributed by atoms with E-state index >= 15 is 0 Å². The second-order valence-electron chi connectivity index (χ2n) is 5.12. The van der Waals surface area contributed by atoms with Gasteiger partial charge < -0.3 is 20.1 Å². The monoisotopic (exact) mass is 299 g/mol. The highest BCUT2D eigenvalue weighted by Crippen LogP contribution is 2.22. The zero-order valence-electron chi connectivity index (χ0n) is 12.7. The number of nitrogens with one attached hydrogen (secondary N) is 2. The normalized spacial score (nSPS) is 18.0. The zero-order valence-corrected chi connectivity index (χ0v) is 12.7. The Balaban J connectivity index is 1.62. The van der Waals surface area contributed by atoms with E-state index in [2.05, 4.69) is 15.6 Å². The Bertz CT molecular complexity index is 578. The molecule has 22 heavy (non-hydrogen) atoms.